The van der Waals surface area contributed by atoms with Crippen molar-refractivity contribution in [1.29, 1.82) is 0 Å². The summed E-state index contributed by atoms with van der Waals surface area (Å²) in [4.78, 5) is 34.3. The van der Waals surface area contributed by atoms with Gasteiger partial charge in [-0.1, -0.05) is 23.2 Å². The molecule has 0 bridgehead atoms. The topological polar surface area (TPSA) is 87.2 Å². The van der Waals surface area contributed by atoms with Crippen LogP contribution in [0, 0.1) is 0 Å². The molecule has 4 aromatic heterocycles. The summed E-state index contributed by atoms with van der Waals surface area (Å²) < 4.78 is 49.7. The molecule has 1 unspecified atom stereocenters. The number of hydrogen-bond acceptors (Lipinski definition) is 6. The number of rotatable bonds is 6. The van der Waals surface area contributed by atoms with Crippen LogP contribution in [-0.4, -0.2) is 43.1 Å². The van der Waals surface area contributed by atoms with Crippen molar-refractivity contribution in [3.63, 3.8) is 0 Å². The largest absolute Gasteiger partial charge is 0.496 e. The molecule has 6 rings (SSSR count). The third-order valence-corrected chi connectivity index (χ3v) is 8.68. The number of imidazole rings is 1. The molecule has 1 atom stereocenters. The number of alkyl halides is 3. The fourth-order valence-corrected chi connectivity index (χ4v) is 6.89. The number of nitrogens with zero attached hydrogens (tertiary/aromatic N) is 6. The zero-order valence-electron chi connectivity index (χ0n) is 23.1. The summed E-state index contributed by atoms with van der Waals surface area (Å²) in [6.45, 7) is 2.58. The number of carbonyl (C=O) groups is 1. The molecule has 0 aliphatic carbocycles. The van der Waals surface area contributed by atoms with Gasteiger partial charge < -0.3 is 13.9 Å². The summed E-state index contributed by atoms with van der Waals surface area (Å²) in [6.07, 6.45) is -1.66. The van der Waals surface area contributed by atoms with Gasteiger partial charge in [-0.05, 0) is 38.1 Å². The number of pyridine rings is 1. The third kappa shape index (κ3) is 4.88. The van der Waals surface area contributed by atoms with Gasteiger partial charge in [0.1, 0.15) is 29.8 Å². The van der Waals surface area contributed by atoms with Gasteiger partial charge in [0.2, 0.25) is 0 Å². The standard InChI is InChI=1S/C28H23Cl2F3N6O3S/c1-13(2)38-24-22(35-25(38)16-7-14-10-34-37(12-28(31,32)33)17(14)9-19(16)42-4)27(41)39(23(24)20-5-6-21(30)43-20)18-8-15(29)11-36(3)26(18)40/h5-11,13,23H,12H2,1-4H3. The number of benzene rings is 1. The fraction of sp³-hybridized carbons (Fsp3) is 0.286. The van der Waals surface area contributed by atoms with E-state index >= 15 is 0 Å². The lowest BCUT2D eigenvalue weighted by Crippen LogP contribution is -2.35. The highest BCUT2D eigenvalue weighted by Crippen LogP contribution is 2.47. The first kappa shape index (κ1) is 29.3. The van der Waals surface area contributed by atoms with Crippen LogP contribution >= 0.6 is 34.5 Å². The van der Waals surface area contributed by atoms with Crippen LogP contribution in [0.3, 0.4) is 0 Å². The molecule has 0 spiro atoms. The first-order chi connectivity index (χ1) is 20.3. The first-order valence-corrected chi connectivity index (χ1v) is 14.5. The van der Waals surface area contributed by atoms with Crippen LogP contribution in [0.1, 0.15) is 47.0 Å². The van der Waals surface area contributed by atoms with Crippen LogP contribution < -0.4 is 15.2 Å². The summed E-state index contributed by atoms with van der Waals surface area (Å²) >= 11 is 13.9. The fourth-order valence-electron chi connectivity index (χ4n) is 5.49. The molecule has 1 aliphatic heterocycles. The zero-order chi connectivity index (χ0) is 31.0. The van der Waals surface area contributed by atoms with Crippen molar-refractivity contribution in [2.24, 2.45) is 7.05 Å². The second-order valence-electron chi connectivity index (χ2n) is 10.3. The van der Waals surface area contributed by atoms with Crippen LogP contribution in [0.2, 0.25) is 9.36 Å². The Hall–Kier alpha value is -3.81. The Bertz CT molecular complexity index is 1980. The van der Waals surface area contributed by atoms with Crippen molar-refractivity contribution < 1.29 is 22.7 Å². The Kier molecular flexibility index (Phi) is 7.09. The van der Waals surface area contributed by atoms with Gasteiger partial charge in [0, 0.05) is 35.6 Å². The van der Waals surface area contributed by atoms with E-state index in [0.717, 1.165) is 4.68 Å². The second kappa shape index (κ2) is 10.4. The van der Waals surface area contributed by atoms with Gasteiger partial charge in [0.15, 0.2) is 5.69 Å². The average Bonchev–Trinajstić information content (AvgIpc) is 3.68. The molecule has 224 valence electrons. The number of carbonyl (C=O) groups excluding carboxylic acids is 1. The van der Waals surface area contributed by atoms with Crippen molar-refractivity contribution in [2.75, 3.05) is 12.0 Å². The van der Waals surface area contributed by atoms with Crippen LogP contribution in [-0.2, 0) is 13.6 Å². The second-order valence-corrected chi connectivity index (χ2v) is 12.5. The number of ether oxygens (including phenoxy) is 1. The van der Waals surface area contributed by atoms with Gasteiger partial charge in [0.25, 0.3) is 11.5 Å². The van der Waals surface area contributed by atoms with E-state index < -0.39 is 30.2 Å². The molecular weight excluding hydrogens is 628 g/mol. The minimum atomic E-state index is -4.46. The summed E-state index contributed by atoms with van der Waals surface area (Å²) in [6, 6.07) is 7.08. The van der Waals surface area contributed by atoms with E-state index in [0.29, 0.717) is 31.7 Å². The molecule has 1 aromatic carbocycles. The number of anilines is 1. The number of fused-ring (bicyclic) bond motifs is 2. The number of halogens is 5. The lowest BCUT2D eigenvalue weighted by molar-refractivity contribution is -0.141. The van der Waals surface area contributed by atoms with Crippen LogP contribution in [0.15, 0.2) is 47.5 Å². The Balaban J connectivity index is 1.59. The third-order valence-electron chi connectivity index (χ3n) is 7.19. The zero-order valence-corrected chi connectivity index (χ0v) is 25.4. The van der Waals surface area contributed by atoms with Gasteiger partial charge >= 0.3 is 6.18 Å². The molecule has 0 fully saturated rings. The SMILES string of the molecule is COc1cc2c(cnn2CC(F)(F)F)cc1-c1nc2c(n1C(C)C)C(c1ccc(Cl)s1)N(c1cc(Cl)cn(C)c1=O)C2=O. The number of aryl methyl sites for hydroxylation is 1. The predicted molar refractivity (Wildman–Crippen MR) is 159 cm³/mol. The van der Waals surface area contributed by atoms with E-state index in [2.05, 4.69) is 5.10 Å². The minimum Gasteiger partial charge on any atom is -0.496 e. The van der Waals surface area contributed by atoms with E-state index in [1.807, 2.05) is 18.4 Å². The van der Waals surface area contributed by atoms with Gasteiger partial charge in [0.05, 0.1) is 39.4 Å². The summed E-state index contributed by atoms with van der Waals surface area (Å²) in [5.74, 6) is 0.121. The molecule has 0 saturated heterocycles. The van der Waals surface area contributed by atoms with Gasteiger partial charge in [-0.15, -0.1) is 11.3 Å². The van der Waals surface area contributed by atoms with Crippen molar-refractivity contribution in [1.82, 2.24) is 23.9 Å². The van der Waals surface area contributed by atoms with Crippen molar-refractivity contribution in [2.45, 2.75) is 38.7 Å². The van der Waals surface area contributed by atoms with Crippen molar-refractivity contribution >= 4 is 57.0 Å². The molecule has 15 heteroatoms. The lowest BCUT2D eigenvalue weighted by atomic mass is 10.1. The molecule has 1 amide bonds. The molecule has 0 radical (unpaired) electrons. The Labute approximate surface area is 256 Å². The van der Waals surface area contributed by atoms with E-state index in [1.165, 1.54) is 52.4 Å². The molecule has 1 aliphatic rings. The van der Waals surface area contributed by atoms with E-state index in [9.17, 15) is 22.8 Å². The maximum atomic E-state index is 14.2. The van der Waals surface area contributed by atoms with Gasteiger partial charge in [-0.3, -0.25) is 19.2 Å². The van der Waals surface area contributed by atoms with Crippen LogP contribution in [0.5, 0.6) is 5.75 Å². The van der Waals surface area contributed by atoms with E-state index in [1.54, 1.807) is 25.2 Å². The van der Waals surface area contributed by atoms with Crippen LogP contribution in [0.25, 0.3) is 22.3 Å². The number of hydrogen-bond donors (Lipinski definition) is 0. The minimum absolute atomic E-state index is 0.0838. The molecular formula is C28H23Cl2F3N6O3S. The first-order valence-electron chi connectivity index (χ1n) is 13.0. The highest BCUT2D eigenvalue weighted by molar-refractivity contribution is 7.16. The van der Waals surface area contributed by atoms with E-state index in [-0.39, 0.29) is 33.7 Å². The molecule has 0 saturated carbocycles. The Morgan fingerprint density at radius 2 is 1.88 bits per heavy atom. The number of thiophene rings is 1. The molecule has 5 heterocycles. The predicted octanol–water partition coefficient (Wildman–Crippen LogP) is 6.87. The smallest absolute Gasteiger partial charge is 0.408 e. The highest BCUT2D eigenvalue weighted by atomic mass is 35.5. The molecule has 0 N–H and O–H groups in total. The van der Waals surface area contributed by atoms with Gasteiger partial charge in [-0.25, -0.2) is 4.98 Å². The Morgan fingerprint density at radius 1 is 1.14 bits per heavy atom. The monoisotopic (exact) mass is 650 g/mol. The number of amides is 1. The Morgan fingerprint density at radius 3 is 2.51 bits per heavy atom. The summed E-state index contributed by atoms with van der Waals surface area (Å²) in [5, 5.41) is 4.64. The number of aromatic nitrogens is 5. The molecule has 5 aromatic rings. The van der Waals surface area contributed by atoms with Crippen molar-refractivity contribution in [3.8, 4) is 17.1 Å². The maximum absolute atomic E-state index is 14.2. The average molecular weight is 651 g/mol. The van der Waals surface area contributed by atoms with Crippen molar-refractivity contribution in [3.05, 3.63) is 78.7 Å². The summed E-state index contributed by atoms with van der Waals surface area (Å²) in [7, 11) is 2.95. The normalized spacial score (nSPS) is 15.3. The highest BCUT2D eigenvalue weighted by Gasteiger charge is 2.46. The quantitative estimate of drug-likeness (QED) is 0.200. The van der Waals surface area contributed by atoms with Gasteiger partial charge in [-0.2, -0.15) is 18.3 Å². The lowest BCUT2D eigenvalue weighted by Gasteiger charge is -2.27. The molecule has 9 nitrogen and oxygen atoms in total. The van der Waals surface area contributed by atoms with Crippen LogP contribution in [0.4, 0.5) is 18.9 Å². The number of methoxy groups -OCH3 is 1. The van der Waals surface area contributed by atoms with E-state index in [4.69, 9.17) is 32.9 Å². The maximum Gasteiger partial charge on any atom is 0.408 e. The molecule has 43 heavy (non-hydrogen) atoms. The summed E-state index contributed by atoms with van der Waals surface area (Å²) in [5.41, 5.74) is 1.01.